The lowest BCUT2D eigenvalue weighted by Gasteiger charge is -2.55. The number of hydrogen-bond acceptors (Lipinski definition) is 7. The van der Waals surface area contributed by atoms with Gasteiger partial charge in [-0.25, -0.2) is 8.78 Å². The number of fused-ring (bicyclic) bond motifs is 1. The number of hydrogen-bond donors (Lipinski definition) is 1. The number of carbonyl (C=O) groups excluding carboxylic acids is 1. The summed E-state index contributed by atoms with van der Waals surface area (Å²) < 4.78 is 28.8. The van der Waals surface area contributed by atoms with E-state index < -0.39 is 34.4 Å². The van der Waals surface area contributed by atoms with E-state index in [0.717, 1.165) is 43.1 Å². The van der Waals surface area contributed by atoms with E-state index in [-0.39, 0.29) is 28.2 Å². The maximum atomic E-state index is 14.1. The van der Waals surface area contributed by atoms with Crippen molar-refractivity contribution in [2.45, 2.75) is 44.7 Å². The number of aromatic nitrogens is 3. The van der Waals surface area contributed by atoms with Gasteiger partial charge in [0.25, 0.3) is 5.91 Å². The minimum Gasteiger partial charge on any atom is -0.502 e. The van der Waals surface area contributed by atoms with E-state index in [9.17, 15) is 23.5 Å². The Labute approximate surface area is 204 Å². The summed E-state index contributed by atoms with van der Waals surface area (Å²) in [6, 6.07) is 3.31. The Kier molecular flexibility index (Phi) is 5.62. The molecule has 5 rings (SSSR count). The summed E-state index contributed by atoms with van der Waals surface area (Å²) in [5.41, 5.74) is -1.04. The molecule has 1 N–H and O–H groups in total. The van der Waals surface area contributed by atoms with Crippen molar-refractivity contribution >= 4 is 17.2 Å². The molecule has 1 fully saturated rings. The number of nitrogens with zero attached hydrogens (tertiary/aromatic N) is 5. The number of halogens is 2. The zero-order chi connectivity index (χ0) is 25.1. The zero-order valence-corrected chi connectivity index (χ0v) is 20.4. The number of aromatic hydroxyl groups is 1. The topological polar surface area (TPSA) is 91.6 Å². The van der Waals surface area contributed by atoms with E-state index in [1.54, 1.807) is 16.6 Å². The predicted molar refractivity (Wildman–Crippen MR) is 127 cm³/mol. The van der Waals surface area contributed by atoms with Crippen molar-refractivity contribution < 1.29 is 18.7 Å². The predicted octanol–water partition coefficient (Wildman–Crippen LogP) is 3.50. The van der Waals surface area contributed by atoms with Crippen LogP contribution in [0.25, 0.3) is 10.6 Å². The third kappa shape index (κ3) is 3.69. The molecule has 1 spiro atoms. The molecule has 0 saturated heterocycles. The van der Waals surface area contributed by atoms with Crippen LogP contribution >= 0.6 is 11.3 Å². The Morgan fingerprint density at radius 3 is 2.57 bits per heavy atom. The van der Waals surface area contributed by atoms with Crippen LogP contribution in [0.1, 0.15) is 53.7 Å². The van der Waals surface area contributed by atoms with Crippen molar-refractivity contribution in [3.63, 3.8) is 0 Å². The fraction of sp³-hybridized carbons (Fsp3) is 0.417. The van der Waals surface area contributed by atoms with Crippen LogP contribution in [-0.2, 0) is 6.42 Å². The maximum Gasteiger partial charge on any atom is 0.278 e. The van der Waals surface area contributed by atoms with Crippen LogP contribution < -0.4 is 10.4 Å². The van der Waals surface area contributed by atoms with Gasteiger partial charge in [-0.05, 0) is 43.2 Å². The summed E-state index contributed by atoms with van der Waals surface area (Å²) in [5.74, 6) is -1.86. The van der Waals surface area contributed by atoms with Crippen molar-refractivity contribution in [3.8, 4) is 16.3 Å². The van der Waals surface area contributed by atoms with E-state index in [0.29, 0.717) is 10.9 Å². The van der Waals surface area contributed by atoms with Crippen molar-refractivity contribution in [1.82, 2.24) is 19.8 Å². The lowest BCUT2D eigenvalue weighted by atomic mass is 9.81. The standard InChI is InChI=1S/C24H25F2N5O3S/c1-13-6-8-24(9-7-13)29(2)23(34)19-21(33)20(32)16(12-31(19)30(24)3)22-28-27-18(35-22)10-14-4-5-15(25)11-17(14)26/h4-5,11-13,33H,6-10H2,1-3H3. The van der Waals surface area contributed by atoms with Gasteiger partial charge in [-0.15, -0.1) is 10.2 Å². The first-order valence-electron chi connectivity index (χ1n) is 11.4. The summed E-state index contributed by atoms with van der Waals surface area (Å²) in [7, 11) is 3.56. The molecule has 0 bridgehead atoms. The third-order valence-corrected chi connectivity index (χ3v) is 8.31. The van der Waals surface area contributed by atoms with Crippen LogP contribution in [0.4, 0.5) is 8.78 Å². The van der Waals surface area contributed by atoms with Gasteiger partial charge in [0.05, 0.1) is 5.56 Å². The van der Waals surface area contributed by atoms with E-state index in [2.05, 4.69) is 17.1 Å². The number of carbonyl (C=O) groups is 1. The normalized spacial score (nSPS) is 22.1. The van der Waals surface area contributed by atoms with Gasteiger partial charge in [0, 0.05) is 32.8 Å². The summed E-state index contributed by atoms with van der Waals surface area (Å²) in [4.78, 5) is 28.0. The van der Waals surface area contributed by atoms with E-state index >= 15 is 0 Å². The quantitative estimate of drug-likeness (QED) is 0.591. The lowest BCUT2D eigenvalue weighted by molar-refractivity contribution is 0.0183. The Hall–Kier alpha value is -3.34. The summed E-state index contributed by atoms with van der Waals surface area (Å²) in [6.07, 6.45) is 5.03. The first-order valence-corrected chi connectivity index (χ1v) is 12.2. The van der Waals surface area contributed by atoms with Crippen LogP contribution in [0.2, 0.25) is 0 Å². The Morgan fingerprint density at radius 1 is 1.17 bits per heavy atom. The van der Waals surface area contributed by atoms with Gasteiger partial charge in [0.2, 0.25) is 5.43 Å². The van der Waals surface area contributed by atoms with Crippen LogP contribution in [-0.4, -0.2) is 50.5 Å². The first-order chi connectivity index (χ1) is 16.6. The third-order valence-electron chi connectivity index (χ3n) is 7.35. The molecule has 0 atom stereocenters. The molecule has 3 aromatic rings. The summed E-state index contributed by atoms with van der Waals surface area (Å²) in [6.45, 7) is 2.19. The molecule has 35 heavy (non-hydrogen) atoms. The molecule has 0 unspecified atom stereocenters. The Bertz CT molecular complexity index is 1380. The van der Waals surface area contributed by atoms with Gasteiger partial charge < -0.3 is 10.0 Å². The highest BCUT2D eigenvalue weighted by molar-refractivity contribution is 7.14. The van der Waals surface area contributed by atoms with Gasteiger partial charge >= 0.3 is 0 Å². The fourth-order valence-electron chi connectivity index (χ4n) is 5.09. The van der Waals surface area contributed by atoms with Crippen molar-refractivity contribution in [2.24, 2.45) is 5.92 Å². The molecule has 3 heterocycles. The van der Waals surface area contributed by atoms with Crippen LogP contribution in [0.5, 0.6) is 5.75 Å². The van der Waals surface area contributed by atoms with Gasteiger partial charge in [0.1, 0.15) is 22.3 Å². The summed E-state index contributed by atoms with van der Waals surface area (Å²) in [5, 5.41) is 21.5. The molecule has 1 aromatic carbocycles. The number of rotatable bonds is 3. The second-order valence-electron chi connectivity index (χ2n) is 9.38. The maximum absolute atomic E-state index is 14.1. The highest BCUT2D eigenvalue weighted by Gasteiger charge is 2.49. The van der Waals surface area contributed by atoms with Crippen molar-refractivity contribution in [1.29, 1.82) is 0 Å². The van der Waals surface area contributed by atoms with Gasteiger partial charge in [0.15, 0.2) is 16.5 Å². The first kappa shape index (κ1) is 23.4. The summed E-state index contributed by atoms with van der Waals surface area (Å²) >= 11 is 1.08. The second-order valence-corrected chi connectivity index (χ2v) is 10.4. The van der Waals surface area contributed by atoms with E-state index in [1.807, 2.05) is 12.1 Å². The molecule has 2 aromatic heterocycles. The van der Waals surface area contributed by atoms with Gasteiger partial charge in [-0.2, -0.15) is 0 Å². The van der Waals surface area contributed by atoms with Gasteiger partial charge in [-0.1, -0.05) is 24.3 Å². The minimum absolute atomic E-state index is 0.0759. The second kappa shape index (κ2) is 8.40. The monoisotopic (exact) mass is 501 g/mol. The highest BCUT2D eigenvalue weighted by atomic mass is 32.1. The molecule has 1 amide bonds. The van der Waals surface area contributed by atoms with Crippen LogP contribution in [0.3, 0.4) is 0 Å². The van der Waals surface area contributed by atoms with E-state index in [4.69, 9.17) is 0 Å². The largest absolute Gasteiger partial charge is 0.502 e. The number of amides is 1. The van der Waals surface area contributed by atoms with Crippen molar-refractivity contribution in [3.05, 3.63) is 62.5 Å². The lowest BCUT2D eigenvalue weighted by Crippen LogP contribution is -2.69. The molecular formula is C24H25F2N5O3S. The molecule has 1 aliphatic carbocycles. The molecular weight excluding hydrogens is 476 g/mol. The average molecular weight is 502 g/mol. The smallest absolute Gasteiger partial charge is 0.278 e. The Balaban J connectivity index is 1.55. The molecule has 8 nitrogen and oxygen atoms in total. The highest BCUT2D eigenvalue weighted by Crippen LogP contribution is 2.41. The minimum atomic E-state index is -0.727. The Morgan fingerprint density at radius 2 is 1.89 bits per heavy atom. The molecule has 0 radical (unpaired) electrons. The van der Waals surface area contributed by atoms with Crippen LogP contribution in [0, 0.1) is 17.6 Å². The SMILES string of the molecule is CC1CCC2(CC1)N(C)C(=O)c1c(O)c(=O)c(-c3nnc(Cc4ccc(F)cc4F)s3)cn1N2C. The van der Waals surface area contributed by atoms with Crippen LogP contribution in [0.15, 0.2) is 29.2 Å². The molecule has 1 saturated carbocycles. The molecule has 1 aliphatic heterocycles. The zero-order valence-electron chi connectivity index (χ0n) is 19.6. The van der Waals surface area contributed by atoms with E-state index in [1.165, 1.54) is 18.3 Å². The number of benzene rings is 1. The number of pyridine rings is 1. The van der Waals surface area contributed by atoms with Gasteiger partial charge in [-0.3, -0.25) is 19.3 Å². The fourth-order valence-corrected chi connectivity index (χ4v) is 5.96. The average Bonchev–Trinajstić information content (AvgIpc) is 3.29. The van der Waals surface area contributed by atoms with Crippen molar-refractivity contribution in [2.75, 3.05) is 19.1 Å². The molecule has 2 aliphatic rings. The molecule has 184 valence electrons. The molecule has 11 heteroatoms.